The SMILES string of the molecule is CCCC=NC(=NC)C1CCC(C(=O)OCC)CC1.Cc1ccc(OC(F)(F)F)cc1. The number of ether oxygens (including phenoxy) is 2. The quantitative estimate of drug-likeness (QED) is 0.302. The molecule has 0 amide bonds. The van der Waals surface area contributed by atoms with Gasteiger partial charge >= 0.3 is 12.3 Å². The van der Waals surface area contributed by atoms with E-state index < -0.39 is 6.36 Å². The predicted molar refractivity (Wildman–Crippen MR) is 117 cm³/mol. The summed E-state index contributed by atoms with van der Waals surface area (Å²) in [6, 6.07) is 5.67. The lowest BCUT2D eigenvalue weighted by Crippen LogP contribution is -2.26. The summed E-state index contributed by atoms with van der Waals surface area (Å²) in [5.74, 6) is 1.20. The van der Waals surface area contributed by atoms with Gasteiger partial charge in [-0.1, -0.05) is 31.0 Å². The molecular formula is C23H33F3N2O3. The van der Waals surface area contributed by atoms with E-state index in [1.54, 1.807) is 26.1 Å². The van der Waals surface area contributed by atoms with Gasteiger partial charge in [0.2, 0.25) is 0 Å². The number of unbranched alkanes of at least 4 members (excludes halogenated alkanes) is 1. The maximum atomic E-state index is 11.7. The van der Waals surface area contributed by atoms with Gasteiger partial charge in [-0.2, -0.15) is 0 Å². The molecule has 31 heavy (non-hydrogen) atoms. The second-order valence-corrected chi connectivity index (χ2v) is 7.34. The Labute approximate surface area is 182 Å². The van der Waals surface area contributed by atoms with Gasteiger partial charge in [-0.05, 0) is 58.1 Å². The predicted octanol–water partition coefficient (Wildman–Crippen LogP) is 6.15. The van der Waals surface area contributed by atoms with Crippen molar-refractivity contribution in [1.29, 1.82) is 0 Å². The molecular weight excluding hydrogens is 409 g/mol. The molecule has 8 heteroatoms. The van der Waals surface area contributed by atoms with Crippen molar-refractivity contribution in [3.8, 4) is 5.75 Å². The third-order valence-electron chi connectivity index (χ3n) is 4.84. The number of rotatable bonds is 6. The summed E-state index contributed by atoms with van der Waals surface area (Å²) in [4.78, 5) is 20.4. The number of nitrogens with zero attached hydrogens (tertiary/aromatic N) is 2. The summed E-state index contributed by atoms with van der Waals surface area (Å²) in [5.41, 5.74) is 0.893. The number of carbonyl (C=O) groups is 1. The topological polar surface area (TPSA) is 60.2 Å². The average Bonchev–Trinajstić information content (AvgIpc) is 2.73. The van der Waals surface area contributed by atoms with Gasteiger partial charge in [-0.3, -0.25) is 9.79 Å². The smallest absolute Gasteiger partial charge is 0.466 e. The highest BCUT2D eigenvalue weighted by atomic mass is 19.4. The van der Waals surface area contributed by atoms with E-state index in [9.17, 15) is 18.0 Å². The third-order valence-corrected chi connectivity index (χ3v) is 4.84. The van der Waals surface area contributed by atoms with Crippen LogP contribution < -0.4 is 4.74 Å². The molecule has 1 saturated carbocycles. The van der Waals surface area contributed by atoms with Gasteiger partial charge in [-0.25, -0.2) is 4.99 Å². The van der Waals surface area contributed by atoms with Crippen LogP contribution in [0, 0.1) is 18.8 Å². The first-order chi connectivity index (χ1) is 14.7. The van der Waals surface area contributed by atoms with Crippen molar-refractivity contribution < 1.29 is 27.4 Å². The minimum absolute atomic E-state index is 0.0366. The van der Waals surface area contributed by atoms with Crippen LogP contribution in [-0.4, -0.2) is 38.0 Å². The van der Waals surface area contributed by atoms with E-state index in [2.05, 4.69) is 21.6 Å². The zero-order valence-electron chi connectivity index (χ0n) is 18.7. The van der Waals surface area contributed by atoms with Crippen LogP contribution in [0.5, 0.6) is 5.75 Å². The monoisotopic (exact) mass is 442 g/mol. The number of aryl methyl sites for hydroxylation is 1. The van der Waals surface area contributed by atoms with Crippen LogP contribution in [0.2, 0.25) is 0 Å². The second kappa shape index (κ2) is 13.8. The van der Waals surface area contributed by atoms with E-state index in [1.807, 2.05) is 13.1 Å². The Bertz CT molecular complexity index is 708. The second-order valence-electron chi connectivity index (χ2n) is 7.34. The van der Waals surface area contributed by atoms with E-state index >= 15 is 0 Å². The summed E-state index contributed by atoms with van der Waals surface area (Å²) in [6.45, 7) is 6.26. The van der Waals surface area contributed by atoms with Crippen LogP contribution in [-0.2, 0) is 9.53 Å². The Morgan fingerprint density at radius 1 is 1.10 bits per heavy atom. The molecule has 0 atom stereocenters. The van der Waals surface area contributed by atoms with Gasteiger partial charge < -0.3 is 9.47 Å². The lowest BCUT2D eigenvalue weighted by molar-refractivity contribution is -0.274. The molecule has 1 aliphatic carbocycles. The minimum atomic E-state index is -4.60. The molecule has 0 radical (unpaired) electrons. The highest BCUT2D eigenvalue weighted by Gasteiger charge is 2.31. The lowest BCUT2D eigenvalue weighted by atomic mass is 9.81. The van der Waals surface area contributed by atoms with Crippen LogP contribution in [0.3, 0.4) is 0 Å². The first-order valence-corrected chi connectivity index (χ1v) is 10.7. The van der Waals surface area contributed by atoms with Crippen molar-refractivity contribution in [2.45, 2.75) is 65.7 Å². The van der Waals surface area contributed by atoms with Gasteiger partial charge in [0.05, 0.1) is 12.5 Å². The van der Waals surface area contributed by atoms with Crippen molar-refractivity contribution >= 4 is 18.0 Å². The molecule has 5 nitrogen and oxygen atoms in total. The lowest BCUT2D eigenvalue weighted by Gasteiger charge is -2.26. The molecule has 1 aromatic carbocycles. The Kier molecular flexibility index (Phi) is 11.9. The molecule has 0 aromatic heterocycles. The van der Waals surface area contributed by atoms with Crippen molar-refractivity contribution in [3.63, 3.8) is 0 Å². The van der Waals surface area contributed by atoms with Crippen LogP contribution in [0.25, 0.3) is 0 Å². The first kappa shape index (κ1) is 26.7. The van der Waals surface area contributed by atoms with E-state index in [0.717, 1.165) is 49.9 Å². The van der Waals surface area contributed by atoms with Crippen LogP contribution in [0.1, 0.15) is 57.9 Å². The number of esters is 1. The van der Waals surface area contributed by atoms with Gasteiger partial charge in [-0.15, -0.1) is 13.2 Å². The Morgan fingerprint density at radius 3 is 2.16 bits per heavy atom. The summed E-state index contributed by atoms with van der Waals surface area (Å²) >= 11 is 0. The first-order valence-electron chi connectivity index (χ1n) is 10.7. The Balaban J connectivity index is 0.000000343. The zero-order chi connectivity index (χ0) is 23.3. The highest BCUT2D eigenvalue weighted by molar-refractivity contribution is 5.91. The number of halogens is 3. The number of alkyl halides is 3. The molecule has 2 rings (SSSR count). The maximum Gasteiger partial charge on any atom is 0.573 e. The average molecular weight is 443 g/mol. The van der Waals surface area contributed by atoms with Gasteiger partial charge in [0.25, 0.3) is 0 Å². The molecule has 0 saturated heterocycles. The van der Waals surface area contributed by atoms with Crippen molar-refractivity contribution in [2.75, 3.05) is 13.7 Å². The summed E-state index contributed by atoms with van der Waals surface area (Å²) in [7, 11) is 1.80. The standard InChI is InChI=1S/C15H26N2O2.C8H7F3O/c1-4-6-11-17-14(16-3)12-7-9-13(10-8-12)15(18)19-5-2;1-6-2-4-7(5-3-6)12-8(9,10)11/h11-13H,4-10H2,1-3H3;2-5H,1H3. The van der Waals surface area contributed by atoms with Gasteiger partial charge in [0.1, 0.15) is 11.6 Å². The summed E-state index contributed by atoms with van der Waals surface area (Å²) in [6.07, 6.45) is 3.22. The van der Waals surface area contributed by atoms with E-state index in [1.165, 1.54) is 12.1 Å². The molecule has 174 valence electrons. The molecule has 1 aromatic rings. The number of hydrogen-bond donors (Lipinski definition) is 0. The van der Waals surface area contributed by atoms with E-state index in [4.69, 9.17) is 4.74 Å². The maximum absolute atomic E-state index is 11.7. The molecule has 0 unspecified atom stereocenters. The van der Waals surface area contributed by atoms with Crippen molar-refractivity contribution in [2.24, 2.45) is 21.8 Å². The Hall–Kier alpha value is -2.38. The van der Waals surface area contributed by atoms with E-state index in [-0.39, 0.29) is 17.6 Å². The van der Waals surface area contributed by atoms with Crippen LogP contribution in [0.15, 0.2) is 34.3 Å². The van der Waals surface area contributed by atoms with Crippen molar-refractivity contribution in [3.05, 3.63) is 29.8 Å². The summed E-state index contributed by atoms with van der Waals surface area (Å²) in [5, 5.41) is 0. The summed E-state index contributed by atoms with van der Waals surface area (Å²) < 4.78 is 43.6. The molecule has 0 spiro atoms. The Morgan fingerprint density at radius 2 is 1.68 bits per heavy atom. The van der Waals surface area contributed by atoms with Gasteiger partial charge in [0, 0.05) is 19.2 Å². The third kappa shape index (κ3) is 11.0. The molecule has 0 heterocycles. The number of amidine groups is 1. The molecule has 1 aliphatic rings. The van der Waals surface area contributed by atoms with E-state index in [0.29, 0.717) is 12.5 Å². The largest absolute Gasteiger partial charge is 0.573 e. The number of carbonyl (C=O) groups excluding carboxylic acids is 1. The fraction of sp³-hybridized carbons (Fsp3) is 0.609. The highest BCUT2D eigenvalue weighted by Crippen LogP contribution is 2.31. The van der Waals surface area contributed by atoms with Crippen LogP contribution >= 0.6 is 0 Å². The fourth-order valence-electron chi connectivity index (χ4n) is 3.22. The fourth-order valence-corrected chi connectivity index (χ4v) is 3.22. The number of aliphatic imine (C=N–C) groups is 2. The minimum Gasteiger partial charge on any atom is -0.466 e. The normalized spacial score (nSPS) is 19.5. The van der Waals surface area contributed by atoms with Gasteiger partial charge in [0.15, 0.2) is 0 Å². The van der Waals surface area contributed by atoms with Crippen LogP contribution in [0.4, 0.5) is 13.2 Å². The zero-order valence-corrected chi connectivity index (χ0v) is 18.7. The number of hydrogen-bond acceptors (Lipinski definition) is 4. The molecule has 0 aliphatic heterocycles. The molecule has 1 fully saturated rings. The molecule has 0 bridgehead atoms. The van der Waals surface area contributed by atoms with Crippen molar-refractivity contribution in [1.82, 2.24) is 0 Å². The number of benzene rings is 1. The molecule has 0 N–H and O–H groups in total.